The SMILES string of the molecule is Cc1nccc(OC2CCN(C(=O)c3ccc(S(=O)(=O)N4CCOCC4)cc3)CC2)n1. The van der Waals surface area contributed by atoms with Crippen molar-refractivity contribution < 1.29 is 22.7 Å². The number of likely N-dealkylation sites (tertiary alicyclic amines) is 1. The van der Waals surface area contributed by atoms with Crippen LogP contribution in [0.1, 0.15) is 29.0 Å². The number of ether oxygens (including phenoxy) is 2. The van der Waals surface area contributed by atoms with Gasteiger partial charge < -0.3 is 14.4 Å². The molecule has 0 N–H and O–H groups in total. The van der Waals surface area contributed by atoms with Gasteiger partial charge in [-0.25, -0.2) is 13.4 Å². The summed E-state index contributed by atoms with van der Waals surface area (Å²) < 4.78 is 38.0. The second-order valence-electron chi connectivity index (χ2n) is 7.59. The van der Waals surface area contributed by atoms with E-state index in [0.29, 0.717) is 69.5 Å². The first kappa shape index (κ1) is 21.7. The van der Waals surface area contributed by atoms with E-state index in [4.69, 9.17) is 9.47 Å². The highest BCUT2D eigenvalue weighted by molar-refractivity contribution is 7.89. The number of rotatable bonds is 5. The van der Waals surface area contributed by atoms with E-state index in [0.717, 1.165) is 0 Å². The summed E-state index contributed by atoms with van der Waals surface area (Å²) in [5, 5.41) is 0. The van der Waals surface area contributed by atoms with Crippen molar-refractivity contribution in [2.75, 3.05) is 39.4 Å². The van der Waals surface area contributed by atoms with Gasteiger partial charge in [0.15, 0.2) is 0 Å². The Labute approximate surface area is 182 Å². The minimum atomic E-state index is -3.57. The van der Waals surface area contributed by atoms with E-state index in [1.165, 1.54) is 16.4 Å². The zero-order valence-electron chi connectivity index (χ0n) is 17.4. The molecule has 166 valence electrons. The van der Waals surface area contributed by atoms with Crippen molar-refractivity contribution in [2.24, 2.45) is 0 Å². The zero-order chi connectivity index (χ0) is 21.8. The average Bonchev–Trinajstić information content (AvgIpc) is 2.80. The van der Waals surface area contributed by atoms with Crippen LogP contribution in [-0.4, -0.2) is 79.0 Å². The van der Waals surface area contributed by atoms with Crippen molar-refractivity contribution in [3.05, 3.63) is 47.9 Å². The van der Waals surface area contributed by atoms with Gasteiger partial charge in [0.05, 0.1) is 18.1 Å². The van der Waals surface area contributed by atoms with Crippen LogP contribution in [0.5, 0.6) is 5.88 Å². The predicted octanol–water partition coefficient (Wildman–Crippen LogP) is 1.49. The molecule has 0 unspecified atom stereocenters. The second-order valence-corrected chi connectivity index (χ2v) is 9.53. The van der Waals surface area contributed by atoms with Crippen molar-refractivity contribution in [2.45, 2.75) is 30.8 Å². The predicted molar refractivity (Wildman–Crippen MR) is 112 cm³/mol. The van der Waals surface area contributed by atoms with E-state index in [1.54, 1.807) is 29.3 Å². The molecule has 3 heterocycles. The Balaban J connectivity index is 1.34. The first-order chi connectivity index (χ1) is 14.9. The van der Waals surface area contributed by atoms with E-state index in [9.17, 15) is 13.2 Å². The number of hydrogen-bond acceptors (Lipinski definition) is 7. The van der Waals surface area contributed by atoms with Crippen molar-refractivity contribution in [1.82, 2.24) is 19.2 Å². The molecule has 1 aromatic carbocycles. The van der Waals surface area contributed by atoms with Gasteiger partial charge in [0.2, 0.25) is 15.9 Å². The molecule has 31 heavy (non-hydrogen) atoms. The number of morpholine rings is 1. The van der Waals surface area contributed by atoms with Crippen molar-refractivity contribution in [3.8, 4) is 5.88 Å². The minimum absolute atomic E-state index is 0.000564. The van der Waals surface area contributed by atoms with Crippen LogP contribution in [0, 0.1) is 6.92 Å². The summed E-state index contributed by atoms with van der Waals surface area (Å²) in [7, 11) is -3.57. The van der Waals surface area contributed by atoms with E-state index < -0.39 is 10.0 Å². The molecule has 0 atom stereocenters. The molecule has 1 aromatic heterocycles. The van der Waals surface area contributed by atoms with Gasteiger partial charge in [0.1, 0.15) is 11.9 Å². The molecule has 2 aromatic rings. The number of carbonyl (C=O) groups is 1. The van der Waals surface area contributed by atoms with Crippen LogP contribution in [0.25, 0.3) is 0 Å². The normalized spacial score (nSPS) is 18.7. The molecule has 1 amide bonds. The monoisotopic (exact) mass is 446 g/mol. The first-order valence-electron chi connectivity index (χ1n) is 10.4. The highest BCUT2D eigenvalue weighted by Gasteiger charge is 2.28. The molecule has 0 aliphatic carbocycles. The number of carbonyl (C=O) groups excluding carboxylic acids is 1. The Morgan fingerprint density at radius 3 is 2.39 bits per heavy atom. The van der Waals surface area contributed by atoms with Gasteiger partial charge >= 0.3 is 0 Å². The Bertz CT molecular complexity index is 1010. The molecule has 2 aliphatic heterocycles. The number of nitrogens with zero attached hydrogens (tertiary/aromatic N) is 4. The van der Waals surface area contributed by atoms with Gasteiger partial charge in [-0.15, -0.1) is 0 Å². The number of hydrogen-bond donors (Lipinski definition) is 0. The Kier molecular flexibility index (Phi) is 6.49. The van der Waals surface area contributed by atoms with E-state index >= 15 is 0 Å². The second kappa shape index (κ2) is 9.29. The lowest BCUT2D eigenvalue weighted by atomic mass is 10.1. The minimum Gasteiger partial charge on any atom is -0.474 e. The molecule has 2 saturated heterocycles. The Hall–Kier alpha value is -2.56. The summed E-state index contributed by atoms with van der Waals surface area (Å²) >= 11 is 0. The highest BCUT2D eigenvalue weighted by atomic mass is 32.2. The molecule has 10 heteroatoms. The largest absolute Gasteiger partial charge is 0.474 e. The van der Waals surface area contributed by atoms with Crippen LogP contribution >= 0.6 is 0 Å². The summed E-state index contributed by atoms with van der Waals surface area (Å²) in [6.07, 6.45) is 3.08. The summed E-state index contributed by atoms with van der Waals surface area (Å²) in [5.74, 6) is 1.10. The fraction of sp³-hybridized carbons (Fsp3) is 0.476. The molecule has 4 rings (SSSR count). The highest BCUT2D eigenvalue weighted by Crippen LogP contribution is 2.21. The lowest BCUT2D eigenvalue weighted by Crippen LogP contribution is -2.42. The number of amides is 1. The number of aryl methyl sites for hydroxylation is 1. The smallest absolute Gasteiger partial charge is 0.253 e. The lowest BCUT2D eigenvalue weighted by molar-refractivity contribution is 0.0587. The van der Waals surface area contributed by atoms with Crippen LogP contribution in [0.3, 0.4) is 0 Å². The third kappa shape index (κ3) is 5.03. The van der Waals surface area contributed by atoms with Crippen LogP contribution in [-0.2, 0) is 14.8 Å². The number of benzene rings is 1. The lowest BCUT2D eigenvalue weighted by Gasteiger charge is -2.32. The van der Waals surface area contributed by atoms with Crippen molar-refractivity contribution >= 4 is 15.9 Å². The molecule has 0 radical (unpaired) electrons. The van der Waals surface area contributed by atoms with Crippen molar-refractivity contribution in [3.63, 3.8) is 0 Å². The zero-order valence-corrected chi connectivity index (χ0v) is 18.3. The Morgan fingerprint density at radius 1 is 1.06 bits per heavy atom. The van der Waals surface area contributed by atoms with E-state index in [2.05, 4.69) is 9.97 Å². The standard InChI is InChI=1S/C21H26N4O5S/c1-16-22-9-6-20(23-16)30-18-7-10-24(11-8-18)21(26)17-2-4-19(5-3-17)31(27,28)25-12-14-29-15-13-25/h2-6,9,18H,7-8,10-15H2,1H3. The molecule has 9 nitrogen and oxygen atoms in total. The molecular weight excluding hydrogens is 420 g/mol. The fourth-order valence-corrected chi connectivity index (χ4v) is 5.14. The maximum Gasteiger partial charge on any atom is 0.253 e. The van der Waals surface area contributed by atoms with Crippen LogP contribution < -0.4 is 4.74 Å². The van der Waals surface area contributed by atoms with E-state index in [-0.39, 0.29) is 16.9 Å². The summed E-state index contributed by atoms with van der Waals surface area (Å²) in [4.78, 5) is 23.1. The van der Waals surface area contributed by atoms with E-state index in [1.807, 2.05) is 6.92 Å². The molecule has 0 saturated carbocycles. The maximum absolute atomic E-state index is 12.9. The molecule has 2 fully saturated rings. The summed E-state index contributed by atoms with van der Waals surface area (Å²) in [5.41, 5.74) is 0.478. The molecule has 2 aliphatic rings. The quantitative estimate of drug-likeness (QED) is 0.686. The molecule has 0 spiro atoms. The summed E-state index contributed by atoms with van der Waals surface area (Å²) in [6.45, 7) is 4.43. The number of sulfonamides is 1. The fourth-order valence-electron chi connectivity index (χ4n) is 3.74. The van der Waals surface area contributed by atoms with Crippen molar-refractivity contribution in [1.29, 1.82) is 0 Å². The van der Waals surface area contributed by atoms with Gasteiger partial charge in [-0.05, 0) is 31.2 Å². The van der Waals surface area contributed by atoms with Crippen LogP contribution in [0.2, 0.25) is 0 Å². The van der Waals surface area contributed by atoms with Gasteiger partial charge in [0, 0.05) is 56.8 Å². The van der Waals surface area contributed by atoms with Crippen LogP contribution in [0.15, 0.2) is 41.4 Å². The average molecular weight is 447 g/mol. The third-order valence-corrected chi connectivity index (χ3v) is 7.39. The van der Waals surface area contributed by atoms with Gasteiger partial charge in [-0.3, -0.25) is 4.79 Å². The number of aromatic nitrogens is 2. The molecular formula is C21H26N4O5S. The van der Waals surface area contributed by atoms with Gasteiger partial charge in [0.25, 0.3) is 5.91 Å². The third-order valence-electron chi connectivity index (χ3n) is 5.48. The first-order valence-corrected chi connectivity index (χ1v) is 11.8. The molecule has 0 bridgehead atoms. The maximum atomic E-state index is 12.9. The number of piperidine rings is 1. The Morgan fingerprint density at radius 2 is 1.74 bits per heavy atom. The summed E-state index contributed by atoms with van der Waals surface area (Å²) in [6, 6.07) is 7.91. The van der Waals surface area contributed by atoms with Crippen LogP contribution in [0.4, 0.5) is 0 Å². The van der Waals surface area contributed by atoms with Gasteiger partial charge in [-0.2, -0.15) is 9.29 Å². The topological polar surface area (TPSA) is 102 Å². The van der Waals surface area contributed by atoms with Gasteiger partial charge in [-0.1, -0.05) is 0 Å².